The van der Waals surface area contributed by atoms with E-state index >= 15 is 0 Å². The number of amides is 1. The van der Waals surface area contributed by atoms with Crippen LogP contribution in [0.4, 0.5) is 13.2 Å². The fourth-order valence-electron chi connectivity index (χ4n) is 3.74. The van der Waals surface area contributed by atoms with E-state index in [-0.39, 0.29) is 12.3 Å². The summed E-state index contributed by atoms with van der Waals surface area (Å²) in [5, 5.41) is 4.47. The zero-order valence-corrected chi connectivity index (χ0v) is 17.3. The predicted molar refractivity (Wildman–Crippen MR) is 108 cm³/mol. The largest absolute Gasteiger partial charge is 0.416 e. The third-order valence-electron chi connectivity index (χ3n) is 5.37. The highest BCUT2D eigenvalue weighted by Gasteiger charge is 2.30. The average molecular weight is 429 g/mol. The van der Waals surface area contributed by atoms with Gasteiger partial charge in [0.2, 0.25) is 5.91 Å². The van der Waals surface area contributed by atoms with Gasteiger partial charge in [0, 0.05) is 38.2 Å². The highest BCUT2D eigenvalue weighted by Crippen LogP contribution is 2.30. The van der Waals surface area contributed by atoms with Gasteiger partial charge in [-0.05, 0) is 30.2 Å². The van der Waals surface area contributed by atoms with Crippen LogP contribution in [0.25, 0.3) is 11.4 Å². The van der Waals surface area contributed by atoms with Crippen molar-refractivity contribution < 1.29 is 18.0 Å². The van der Waals surface area contributed by atoms with Gasteiger partial charge in [-0.2, -0.15) is 18.3 Å². The van der Waals surface area contributed by atoms with E-state index in [0.717, 1.165) is 29.1 Å². The fourth-order valence-corrected chi connectivity index (χ4v) is 3.74. The smallest absolute Gasteiger partial charge is 0.336 e. The van der Waals surface area contributed by atoms with E-state index in [9.17, 15) is 18.0 Å². The predicted octanol–water partition coefficient (Wildman–Crippen LogP) is 3.78. The van der Waals surface area contributed by atoms with E-state index in [1.54, 1.807) is 9.58 Å². The number of halogens is 3. The molecule has 0 bridgehead atoms. The first kappa shape index (κ1) is 21.0. The average Bonchev–Trinajstić information content (AvgIpc) is 3.18. The third-order valence-corrected chi connectivity index (χ3v) is 5.37. The number of aromatic nitrogens is 4. The molecule has 0 spiro atoms. The Kier molecular flexibility index (Phi) is 5.51. The molecular formula is C22H22F3N5O. The van der Waals surface area contributed by atoms with Crippen molar-refractivity contribution in [1.29, 1.82) is 0 Å². The lowest BCUT2D eigenvalue weighted by molar-refractivity contribution is -0.137. The van der Waals surface area contributed by atoms with Gasteiger partial charge in [0.05, 0.1) is 23.5 Å². The Morgan fingerprint density at radius 1 is 1.13 bits per heavy atom. The number of hydrogen-bond donors (Lipinski definition) is 0. The van der Waals surface area contributed by atoms with Crippen LogP contribution in [0.2, 0.25) is 0 Å². The van der Waals surface area contributed by atoms with Crippen LogP contribution in [0.1, 0.15) is 41.6 Å². The molecule has 31 heavy (non-hydrogen) atoms. The molecule has 9 heteroatoms. The van der Waals surface area contributed by atoms with E-state index in [1.807, 2.05) is 26.2 Å². The van der Waals surface area contributed by atoms with Crippen molar-refractivity contribution in [2.75, 3.05) is 6.54 Å². The number of rotatable bonds is 4. The highest BCUT2D eigenvalue weighted by atomic mass is 19.4. The molecular weight excluding hydrogens is 407 g/mol. The molecule has 0 aliphatic carbocycles. The Morgan fingerprint density at radius 3 is 2.48 bits per heavy atom. The Morgan fingerprint density at radius 2 is 1.87 bits per heavy atom. The molecule has 3 heterocycles. The molecule has 0 unspecified atom stereocenters. The van der Waals surface area contributed by atoms with Gasteiger partial charge in [-0.3, -0.25) is 9.48 Å². The molecule has 0 fully saturated rings. The summed E-state index contributed by atoms with van der Waals surface area (Å²) in [7, 11) is 1.82. The zero-order valence-electron chi connectivity index (χ0n) is 17.3. The Labute approximate surface area is 177 Å². The molecule has 0 N–H and O–H groups in total. The minimum Gasteiger partial charge on any atom is -0.336 e. The second kappa shape index (κ2) is 8.13. The first-order valence-electron chi connectivity index (χ1n) is 10.1. The van der Waals surface area contributed by atoms with Crippen LogP contribution < -0.4 is 0 Å². The van der Waals surface area contributed by atoms with Gasteiger partial charge in [0.15, 0.2) is 0 Å². The van der Waals surface area contributed by atoms with Crippen LogP contribution in [0.15, 0.2) is 36.5 Å². The molecule has 2 aromatic heterocycles. The summed E-state index contributed by atoms with van der Waals surface area (Å²) in [6, 6.07) is 6.89. The summed E-state index contributed by atoms with van der Waals surface area (Å²) < 4.78 is 40.2. The van der Waals surface area contributed by atoms with Crippen molar-refractivity contribution in [2.45, 2.75) is 38.9 Å². The Hall–Kier alpha value is -3.23. The van der Waals surface area contributed by atoms with Crippen LogP contribution in [-0.4, -0.2) is 37.1 Å². The summed E-state index contributed by atoms with van der Waals surface area (Å²) >= 11 is 0. The van der Waals surface area contributed by atoms with Gasteiger partial charge in [-0.1, -0.05) is 19.1 Å². The number of carbonyl (C=O) groups is 1. The van der Waals surface area contributed by atoms with Gasteiger partial charge in [0.25, 0.3) is 0 Å². The van der Waals surface area contributed by atoms with E-state index in [0.29, 0.717) is 43.0 Å². The normalized spacial score (nSPS) is 13.9. The number of alkyl halides is 3. The number of aryl methyl sites for hydroxylation is 1. The lowest BCUT2D eigenvalue weighted by Gasteiger charge is -2.29. The van der Waals surface area contributed by atoms with Crippen LogP contribution in [0, 0.1) is 0 Å². The molecule has 1 aromatic carbocycles. The topological polar surface area (TPSA) is 63.9 Å². The van der Waals surface area contributed by atoms with Crippen molar-refractivity contribution in [1.82, 2.24) is 24.6 Å². The van der Waals surface area contributed by atoms with Gasteiger partial charge in [-0.15, -0.1) is 0 Å². The number of fused-ring (bicyclic) bond motifs is 1. The molecule has 4 rings (SSSR count). The lowest BCUT2D eigenvalue weighted by Crippen LogP contribution is -2.36. The number of carbonyl (C=O) groups excluding carboxylic acids is 1. The number of nitrogens with zero attached hydrogens (tertiary/aromatic N) is 5. The van der Waals surface area contributed by atoms with Crippen LogP contribution in [0.3, 0.4) is 0 Å². The third kappa shape index (κ3) is 4.45. The van der Waals surface area contributed by atoms with Crippen LogP contribution in [-0.2, 0) is 37.4 Å². The molecule has 0 saturated carbocycles. The molecule has 0 atom stereocenters. The Balaban J connectivity index is 1.70. The number of benzene rings is 1. The Bertz CT molecular complexity index is 1110. The maximum absolute atomic E-state index is 12.8. The van der Waals surface area contributed by atoms with E-state index in [2.05, 4.69) is 10.1 Å². The van der Waals surface area contributed by atoms with Crippen molar-refractivity contribution in [2.24, 2.45) is 7.05 Å². The van der Waals surface area contributed by atoms with E-state index < -0.39 is 11.7 Å². The molecule has 0 radical (unpaired) electrons. The number of hydrogen-bond acceptors (Lipinski definition) is 4. The second-order valence-electron chi connectivity index (χ2n) is 7.58. The molecule has 1 aliphatic rings. The maximum Gasteiger partial charge on any atom is 0.416 e. The van der Waals surface area contributed by atoms with Crippen LogP contribution in [0.5, 0.6) is 0 Å². The molecule has 1 amide bonds. The molecule has 6 nitrogen and oxygen atoms in total. The molecule has 0 saturated heterocycles. The molecule has 1 aliphatic heterocycles. The summed E-state index contributed by atoms with van der Waals surface area (Å²) in [6.45, 7) is 2.82. The van der Waals surface area contributed by atoms with Crippen molar-refractivity contribution in [3.05, 3.63) is 64.7 Å². The summed E-state index contributed by atoms with van der Waals surface area (Å²) in [6.07, 6.45) is -1.20. The molecule has 162 valence electrons. The van der Waals surface area contributed by atoms with Gasteiger partial charge in [-0.25, -0.2) is 9.97 Å². The summed E-state index contributed by atoms with van der Waals surface area (Å²) in [5.74, 6) is 0.554. The lowest BCUT2D eigenvalue weighted by atomic mass is 10.00. The van der Waals surface area contributed by atoms with Gasteiger partial charge >= 0.3 is 6.18 Å². The highest BCUT2D eigenvalue weighted by molar-refractivity contribution is 5.76. The fraction of sp³-hybridized carbons (Fsp3) is 0.364. The van der Waals surface area contributed by atoms with Gasteiger partial charge in [0.1, 0.15) is 11.5 Å². The second-order valence-corrected chi connectivity index (χ2v) is 7.58. The van der Waals surface area contributed by atoms with Crippen molar-refractivity contribution in [3.63, 3.8) is 0 Å². The standard InChI is InChI=1S/C22H22F3N5O/c1-3-20(31)30-11-8-16-18(13-30)26-19(27-21(16)17-9-10-29(2)28-17)12-14-4-6-15(7-5-14)22(23,24)25/h4-7,9-10H,3,8,11-13H2,1-2H3. The van der Waals surface area contributed by atoms with Gasteiger partial charge < -0.3 is 4.90 Å². The van der Waals surface area contributed by atoms with Crippen molar-refractivity contribution >= 4 is 5.91 Å². The minimum absolute atomic E-state index is 0.0629. The van der Waals surface area contributed by atoms with Crippen LogP contribution >= 0.6 is 0 Å². The first-order chi connectivity index (χ1) is 14.7. The zero-order chi connectivity index (χ0) is 22.2. The SMILES string of the molecule is CCC(=O)N1CCc2c(nc(Cc3ccc(C(F)(F)F)cc3)nc2-c2ccn(C)n2)C1. The molecule has 3 aromatic rings. The summed E-state index contributed by atoms with van der Waals surface area (Å²) in [4.78, 5) is 23.4. The minimum atomic E-state index is -4.37. The van der Waals surface area contributed by atoms with E-state index in [4.69, 9.17) is 4.98 Å². The van der Waals surface area contributed by atoms with Crippen molar-refractivity contribution in [3.8, 4) is 11.4 Å². The maximum atomic E-state index is 12.8. The quantitative estimate of drug-likeness (QED) is 0.633. The monoisotopic (exact) mass is 429 g/mol. The summed E-state index contributed by atoms with van der Waals surface area (Å²) in [5.41, 5.74) is 3.16. The van der Waals surface area contributed by atoms with E-state index in [1.165, 1.54) is 12.1 Å². The first-order valence-corrected chi connectivity index (χ1v) is 10.1.